The molecule has 0 aromatic carbocycles. The second-order valence-electron chi connectivity index (χ2n) is 6.97. The Labute approximate surface area is 174 Å². The van der Waals surface area contributed by atoms with Crippen LogP contribution in [0, 0.1) is 0 Å². The molecule has 9 heteroatoms. The van der Waals surface area contributed by atoms with E-state index in [0.717, 1.165) is 38.5 Å². The van der Waals surface area contributed by atoms with Gasteiger partial charge in [-0.3, -0.25) is 14.1 Å². The minimum absolute atomic E-state index is 0.198. The lowest BCUT2D eigenvalue weighted by atomic mass is 10.1. The van der Waals surface area contributed by atoms with E-state index < -0.39 is 32.5 Å². The first-order valence-corrected chi connectivity index (χ1v) is 12.0. The van der Waals surface area contributed by atoms with Gasteiger partial charge in [0, 0.05) is 13.3 Å². The molecule has 0 aromatic heterocycles. The zero-order chi connectivity index (χ0) is 22.0. The summed E-state index contributed by atoms with van der Waals surface area (Å²) in [7, 11) is -4.70. The van der Waals surface area contributed by atoms with E-state index in [1.807, 2.05) is 0 Å². The van der Waals surface area contributed by atoms with Crippen LogP contribution in [0.15, 0.2) is 12.2 Å². The first-order chi connectivity index (χ1) is 13.7. The third-order valence-corrected chi connectivity index (χ3v) is 4.58. The molecule has 0 aliphatic carbocycles. The summed E-state index contributed by atoms with van der Waals surface area (Å²) in [5.74, 6) is -1.09. The molecule has 170 valence electrons. The second-order valence-corrected chi connectivity index (χ2v) is 8.21. The molecule has 0 spiro atoms. The second kappa shape index (κ2) is 17.6. The lowest BCUT2D eigenvalue weighted by molar-refractivity contribution is -0.160. The number of phosphoric acid groups is 1. The molecule has 0 amide bonds. The predicted octanol–water partition coefficient (Wildman–Crippen LogP) is 4.44. The van der Waals surface area contributed by atoms with Gasteiger partial charge in [-0.25, -0.2) is 4.57 Å². The smallest absolute Gasteiger partial charge is 0.462 e. The van der Waals surface area contributed by atoms with Crippen molar-refractivity contribution >= 4 is 19.8 Å². The minimum atomic E-state index is -4.70. The summed E-state index contributed by atoms with van der Waals surface area (Å²) in [5.41, 5.74) is 0. The number of unbranched alkanes of at least 4 members (excludes halogenated alkanes) is 8. The third kappa shape index (κ3) is 21.3. The quantitative estimate of drug-likeness (QED) is 0.140. The standard InChI is InChI=1S/C20H37O8P/c1-3-4-5-6-7-8-9-10-11-12-13-14-15-20(22)28-19(16-26-18(2)21)17-27-29(23,24)25/h7-8,19H,3-6,9-17H2,1-2H3,(H2,23,24,25)/b8-7-. The molecule has 0 aliphatic rings. The van der Waals surface area contributed by atoms with Crippen LogP contribution in [-0.2, 0) is 28.2 Å². The summed E-state index contributed by atoms with van der Waals surface area (Å²) < 4.78 is 24.9. The maximum Gasteiger partial charge on any atom is 0.469 e. The Morgan fingerprint density at radius 3 is 2.10 bits per heavy atom. The van der Waals surface area contributed by atoms with Crippen molar-refractivity contribution in [1.29, 1.82) is 0 Å². The van der Waals surface area contributed by atoms with E-state index in [-0.39, 0.29) is 13.0 Å². The van der Waals surface area contributed by atoms with Crippen molar-refractivity contribution in [2.45, 2.75) is 90.6 Å². The summed E-state index contributed by atoms with van der Waals surface area (Å²) in [6.45, 7) is 2.53. The normalized spacial score (nSPS) is 12.8. The number of carbonyl (C=O) groups excluding carboxylic acids is 2. The molecule has 0 aliphatic heterocycles. The molecular weight excluding hydrogens is 399 g/mol. The van der Waals surface area contributed by atoms with Crippen molar-refractivity contribution in [2.24, 2.45) is 0 Å². The van der Waals surface area contributed by atoms with Crippen molar-refractivity contribution in [3.8, 4) is 0 Å². The van der Waals surface area contributed by atoms with E-state index >= 15 is 0 Å². The van der Waals surface area contributed by atoms with Crippen molar-refractivity contribution in [1.82, 2.24) is 0 Å². The van der Waals surface area contributed by atoms with Crippen LogP contribution in [0.4, 0.5) is 0 Å². The van der Waals surface area contributed by atoms with E-state index in [2.05, 4.69) is 23.6 Å². The van der Waals surface area contributed by atoms with Gasteiger partial charge in [0.15, 0.2) is 6.10 Å². The fourth-order valence-corrected chi connectivity index (χ4v) is 2.92. The van der Waals surface area contributed by atoms with Crippen LogP contribution >= 0.6 is 7.82 Å². The first-order valence-electron chi connectivity index (χ1n) is 10.4. The maximum absolute atomic E-state index is 11.9. The van der Waals surface area contributed by atoms with Crippen LogP contribution in [-0.4, -0.2) is 41.0 Å². The fraction of sp³-hybridized carbons (Fsp3) is 0.800. The van der Waals surface area contributed by atoms with E-state index in [1.165, 1.54) is 26.2 Å². The van der Waals surface area contributed by atoms with Crippen LogP contribution in [0.1, 0.15) is 84.5 Å². The van der Waals surface area contributed by atoms with Crippen LogP contribution in [0.25, 0.3) is 0 Å². The molecule has 0 rings (SSSR count). The van der Waals surface area contributed by atoms with Crippen LogP contribution in [0.5, 0.6) is 0 Å². The Morgan fingerprint density at radius 2 is 1.52 bits per heavy atom. The Bertz CT molecular complexity index is 515. The summed E-state index contributed by atoms with van der Waals surface area (Å²) in [5, 5.41) is 0. The topological polar surface area (TPSA) is 119 Å². The number of esters is 2. The van der Waals surface area contributed by atoms with Crippen LogP contribution in [0.2, 0.25) is 0 Å². The van der Waals surface area contributed by atoms with Gasteiger partial charge in [-0.15, -0.1) is 0 Å². The van der Waals surface area contributed by atoms with Crippen molar-refractivity contribution < 1.29 is 37.9 Å². The van der Waals surface area contributed by atoms with Crippen molar-refractivity contribution in [3.63, 3.8) is 0 Å². The monoisotopic (exact) mass is 436 g/mol. The van der Waals surface area contributed by atoms with E-state index in [1.54, 1.807) is 0 Å². The number of rotatable bonds is 18. The van der Waals surface area contributed by atoms with Crippen LogP contribution < -0.4 is 0 Å². The highest BCUT2D eigenvalue weighted by Gasteiger charge is 2.22. The Hall–Kier alpha value is -1.21. The number of carbonyl (C=O) groups is 2. The van der Waals surface area contributed by atoms with E-state index in [4.69, 9.17) is 19.3 Å². The molecule has 0 aromatic rings. The fourth-order valence-electron chi connectivity index (χ4n) is 2.56. The molecule has 1 unspecified atom stereocenters. The molecule has 29 heavy (non-hydrogen) atoms. The third-order valence-electron chi connectivity index (χ3n) is 4.09. The maximum atomic E-state index is 11.9. The summed E-state index contributed by atoms with van der Waals surface area (Å²) in [6.07, 6.45) is 14.6. The highest BCUT2D eigenvalue weighted by Crippen LogP contribution is 2.35. The Kier molecular flexibility index (Phi) is 16.9. The minimum Gasteiger partial charge on any atom is -0.462 e. The van der Waals surface area contributed by atoms with Crippen LogP contribution in [0.3, 0.4) is 0 Å². The number of ether oxygens (including phenoxy) is 2. The molecular formula is C20H37O8P. The molecule has 2 N–H and O–H groups in total. The number of hydrogen-bond donors (Lipinski definition) is 2. The number of phosphoric ester groups is 1. The molecule has 0 fully saturated rings. The zero-order valence-electron chi connectivity index (χ0n) is 17.7. The van der Waals surface area contributed by atoms with Gasteiger partial charge in [-0.1, -0.05) is 51.2 Å². The molecule has 1 atom stereocenters. The molecule has 0 saturated heterocycles. The van der Waals surface area contributed by atoms with Gasteiger partial charge in [0.2, 0.25) is 0 Å². The molecule has 0 heterocycles. The molecule has 0 saturated carbocycles. The zero-order valence-corrected chi connectivity index (χ0v) is 18.6. The Balaban J connectivity index is 3.86. The highest BCUT2D eigenvalue weighted by atomic mass is 31.2. The van der Waals surface area contributed by atoms with E-state index in [9.17, 15) is 14.2 Å². The van der Waals surface area contributed by atoms with Crippen molar-refractivity contribution in [2.75, 3.05) is 13.2 Å². The van der Waals surface area contributed by atoms with Gasteiger partial charge in [-0.05, 0) is 32.1 Å². The van der Waals surface area contributed by atoms with Gasteiger partial charge in [-0.2, -0.15) is 0 Å². The average molecular weight is 436 g/mol. The lowest BCUT2D eigenvalue weighted by Gasteiger charge is -2.18. The largest absolute Gasteiger partial charge is 0.469 e. The van der Waals surface area contributed by atoms with Crippen molar-refractivity contribution in [3.05, 3.63) is 12.2 Å². The predicted molar refractivity (Wildman–Crippen MR) is 110 cm³/mol. The Morgan fingerprint density at radius 1 is 0.931 bits per heavy atom. The van der Waals surface area contributed by atoms with Gasteiger partial charge >= 0.3 is 19.8 Å². The number of allylic oxidation sites excluding steroid dienone is 2. The summed E-state index contributed by atoms with van der Waals surface area (Å²) in [6, 6.07) is 0. The van der Waals surface area contributed by atoms with Gasteiger partial charge in [0.1, 0.15) is 6.61 Å². The highest BCUT2D eigenvalue weighted by molar-refractivity contribution is 7.46. The summed E-state index contributed by atoms with van der Waals surface area (Å²) >= 11 is 0. The first kappa shape index (κ1) is 27.8. The summed E-state index contributed by atoms with van der Waals surface area (Å²) in [4.78, 5) is 40.2. The van der Waals surface area contributed by atoms with Gasteiger partial charge < -0.3 is 19.3 Å². The van der Waals surface area contributed by atoms with E-state index in [0.29, 0.717) is 6.42 Å². The lowest BCUT2D eigenvalue weighted by Crippen LogP contribution is -2.29. The molecule has 8 nitrogen and oxygen atoms in total. The average Bonchev–Trinajstić information content (AvgIpc) is 2.64. The molecule has 0 radical (unpaired) electrons. The molecule has 0 bridgehead atoms. The number of hydrogen-bond acceptors (Lipinski definition) is 6. The van der Waals surface area contributed by atoms with Gasteiger partial charge in [0.05, 0.1) is 6.61 Å². The van der Waals surface area contributed by atoms with Gasteiger partial charge in [0.25, 0.3) is 0 Å². The SMILES string of the molecule is CCCCC/C=C\CCCCCCCC(=O)OC(COC(C)=O)COP(=O)(O)O.